The summed E-state index contributed by atoms with van der Waals surface area (Å²) in [7, 11) is 3.75. The first-order valence-electron chi connectivity index (χ1n) is 4.37. The van der Waals surface area contributed by atoms with Crippen LogP contribution in [-0.4, -0.2) is 0 Å². The Hall–Kier alpha value is -0.730. The van der Waals surface area contributed by atoms with E-state index in [-0.39, 0.29) is 0 Å². The molecule has 0 aliphatic heterocycles. The quantitative estimate of drug-likeness (QED) is 0.508. The van der Waals surface area contributed by atoms with Crippen LogP contribution in [0, 0.1) is 0 Å². The SMILES string of the molecule is CCc1cc(-c2ccccc2)[s+]s1. The van der Waals surface area contributed by atoms with Crippen molar-refractivity contribution in [3.63, 3.8) is 0 Å². The van der Waals surface area contributed by atoms with Gasteiger partial charge in [-0.25, -0.2) is 0 Å². The first kappa shape index (κ1) is 8.85. The van der Waals surface area contributed by atoms with E-state index in [0.717, 1.165) is 6.42 Å². The molecule has 66 valence electrons. The van der Waals surface area contributed by atoms with Crippen LogP contribution in [0.4, 0.5) is 0 Å². The molecule has 1 aromatic heterocycles. The van der Waals surface area contributed by atoms with E-state index in [4.69, 9.17) is 0 Å². The van der Waals surface area contributed by atoms with Crippen molar-refractivity contribution in [3.05, 3.63) is 41.3 Å². The summed E-state index contributed by atoms with van der Waals surface area (Å²) >= 11 is 0. The third kappa shape index (κ3) is 1.95. The fourth-order valence-corrected chi connectivity index (χ4v) is 3.69. The van der Waals surface area contributed by atoms with E-state index < -0.39 is 0 Å². The summed E-state index contributed by atoms with van der Waals surface area (Å²) in [6.07, 6.45) is 1.15. The highest BCUT2D eigenvalue weighted by atomic mass is 32.9. The highest BCUT2D eigenvalue weighted by Crippen LogP contribution is 2.31. The Morgan fingerprint density at radius 1 is 1.23 bits per heavy atom. The second kappa shape index (κ2) is 3.99. The Labute approximate surface area is 85.9 Å². The normalized spacial score (nSPS) is 10.2. The van der Waals surface area contributed by atoms with Crippen molar-refractivity contribution >= 4 is 20.7 Å². The monoisotopic (exact) mass is 207 g/mol. The lowest BCUT2D eigenvalue weighted by Crippen LogP contribution is -1.70. The van der Waals surface area contributed by atoms with Crippen LogP contribution < -0.4 is 0 Å². The highest BCUT2D eigenvalue weighted by Gasteiger charge is 2.13. The zero-order valence-corrected chi connectivity index (χ0v) is 9.12. The first-order chi connectivity index (χ1) is 6.40. The minimum absolute atomic E-state index is 1.15. The summed E-state index contributed by atoms with van der Waals surface area (Å²) in [6.45, 7) is 2.20. The van der Waals surface area contributed by atoms with Gasteiger partial charge in [-0.3, -0.25) is 0 Å². The number of hydrogen-bond acceptors (Lipinski definition) is 1. The molecule has 2 aromatic rings. The molecule has 13 heavy (non-hydrogen) atoms. The number of aryl methyl sites for hydroxylation is 1. The predicted molar refractivity (Wildman–Crippen MR) is 61.4 cm³/mol. The molecule has 1 aromatic carbocycles. The Morgan fingerprint density at radius 3 is 2.62 bits per heavy atom. The van der Waals surface area contributed by atoms with Crippen molar-refractivity contribution in [3.8, 4) is 10.4 Å². The van der Waals surface area contributed by atoms with Crippen molar-refractivity contribution < 1.29 is 0 Å². The van der Waals surface area contributed by atoms with Gasteiger partial charge in [0.05, 0.1) is 4.88 Å². The minimum Gasteiger partial charge on any atom is -0.0622 e. The maximum atomic E-state index is 2.30. The summed E-state index contributed by atoms with van der Waals surface area (Å²) in [5.74, 6) is 0. The largest absolute Gasteiger partial charge is 0.300 e. The summed E-state index contributed by atoms with van der Waals surface area (Å²) in [5.41, 5.74) is 1.34. The number of benzene rings is 1. The molecule has 0 spiro atoms. The summed E-state index contributed by atoms with van der Waals surface area (Å²) in [6, 6.07) is 12.9. The van der Waals surface area contributed by atoms with E-state index in [2.05, 4.69) is 43.3 Å². The number of hydrogen-bond donors (Lipinski definition) is 0. The molecule has 0 N–H and O–H groups in total. The lowest BCUT2D eigenvalue weighted by atomic mass is 10.2. The van der Waals surface area contributed by atoms with Crippen LogP contribution in [0.2, 0.25) is 0 Å². The molecular formula is C11H11S2+. The smallest absolute Gasteiger partial charge is 0.0622 e. The van der Waals surface area contributed by atoms with Crippen LogP contribution in [0.5, 0.6) is 0 Å². The molecule has 0 saturated heterocycles. The fraction of sp³-hybridized carbons (Fsp3) is 0.182. The van der Waals surface area contributed by atoms with E-state index in [1.807, 2.05) is 20.7 Å². The van der Waals surface area contributed by atoms with E-state index in [1.165, 1.54) is 15.3 Å². The van der Waals surface area contributed by atoms with Crippen molar-refractivity contribution in [1.29, 1.82) is 0 Å². The highest BCUT2D eigenvalue weighted by molar-refractivity contribution is 7.70. The van der Waals surface area contributed by atoms with E-state index >= 15 is 0 Å². The van der Waals surface area contributed by atoms with Crippen molar-refractivity contribution in [2.75, 3.05) is 0 Å². The molecule has 0 fully saturated rings. The van der Waals surface area contributed by atoms with Crippen molar-refractivity contribution in [2.24, 2.45) is 0 Å². The molecule has 0 aliphatic carbocycles. The van der Waals surface area contributed by atoms with E-state index in [0.29, 0.717) is 0 Å². The molecule has 0 saturated carbocycles. The van der Waals surface area contributed by atoms with Crippen LogP contribution >= 0.6 is 20.7 Å². The van der Waals surface area contributed by atoms with Gasteiger partial charge in [-0.1, -0.05) is 25.1 Å². The third-order valence-electron chi connectivity index (χ3n) is 1.94. The molecule has 0 aliphatic rings. The van der Waals surface area contributed by atoms with Crippen LogP contribution in [0.1, 0.15) is 11.8 Å². The van der Waals surface area contributed by atoms with Crippen LogP contribution in [0.15, 0.2) is 36.4 Å². The average Bonchev–Trinajstić information content (AvgIpc) is 2.67. The fourth-order valence-electron chi connectivity index (χ4n) is 1.19. The maximum Gasteiger partial charge on any atom is 0.300 e. The van der Waals surface area contributed by atoms with Crippen LogP contribution in [0.25, 0.3) is 10.4 Å². The Morgan fingerprint density at radius 2 is 2.00 bits per heavy atom. The topological polar surface area (TPSA) is 0 Å². The Balaban J connectivity index is 2.36. The van der Waals surface area contributed by atoms with Gasteiger partial charge in [0.25, 0.3) is 4.88 Å². The van der Waals surface area contributed by atoms with Gasteiger partial charge < -0.3 is 0 Å². The molecule has 2 heteroatoms. The van der Waals surface area contributed by atoms with Gasteiger partial charge >= 0.3 is 10.3 Å². The summed E-state index contributed by atoms with van der Waals surface area (Å²) in [5, 5.41) is 0. The average molecular weight is 207 g/mol. The second-order valence-electron chi connectivity index (χ2n) is 2.86. The van der Waals surface area contributed by atoms with E-state index in [1.54, 1.807) is 0 Å². The molecule has 0 bridgehead atoms. The minimum atomic E-state index is 1.15. The zero-order valence-electron chi connectivity index (χ0n) is 7.49. The third-order valence-corrected chi connectivity index (χ3v) is 4.61. The lowest BCUT2D eigenvalue weighted by molar-refractivity contribution is 1.19. The molecule has 0 amide bonds. The molecule has 0 nitrogen and oxygen atoms in total. The second-order valence-corrected chi connectivity index (χ2v) is 5.16. The number of rotatable bonds is 2. The van der Waals surface area contributed by atoms with Gasteiger partial charge in [-0.05, 0) is 18.6 Å². The Bertz CT molecular complexity index is 376. The predicted octanol–water partition coefficient (Wildman–Crippen LogP) is 4.32. The van der Waals surface area contributed by atoms with Crippen LogP contribution in [0.3, 0.4) is 0 Å². The van der Waals surface area contributed by atoms with Gasteiger partial charge in [0.1, 0.15) is 0 Å². The van der Waals surface area contributed by atoms with E-state index in [9.17, 15) is 0 Å². The molecule has 2 rings (SSSR count). The zero-order chi connectivity index (χ0) is 9.10. The molecule has 0 radical (unpaired) electrons. The summed E-state index contributed by atoms with van der Waals surface area (Å²) in [4.78, 5) is 2.87. The van der Waals surface area contributed by atoms with Gasteiger partial charge in [0, 0.05) is 11.6 Å². The van der Waals surface area contributed by atoms with Gasteiger partial charge in [0.2, 0.25) is 0 Å². The standard InChI is InChI=1S/C11H11S2/c1-2-10-8-11(13-12-10)9-6-4-3-5-7-9/h3-8H,2H2,1H3/q+1. The van der Waals surface area contributed by atoms with Crippen LogP contribution in [-0.2, 0) is 6.42 Å². The Kier molecular flexibility index (Phi) is 2.71. The lowest BCUT2D eigenvalue weighted by Gasteiger charge is -1.86. The molecular weight excluding hydrogens is 196 g/mol. The molecule has 0 unspecified atom stereocenters. The summed E-state index contributed by atoms with van der Waals surface area (Å²) < 4.78 is 0. The van der Waals surface area contributed by atoms with Crippen molar-refractivity contribution in [1.82, 2.24) is 0 Å². The van der Waals surface area contributed by atoms with Crippen molar-refractivity contribution in [2.45, 2.75) is 13.3 Å². The van der Waals surface area contributed by atoms with Gasteiger partial charge in [-0.2, -0.15) is 0 Å². The molecule has 0 atom stereocenters. The van der Waals surface area contributed by atoms with Gasteiger partial charge in [-0.15, -0.1) is 0 Å². The van der Waals surface area contributed by atoms with Gasteiger partial charge in [0.15, 0.2) is 10.3 Å². The maximum absolute atomic E-state index is 2.30. The first-order valence-corrected chi connectivity index (χ1v) is 6.52. The molecule has 1 heterocycles.